The maximum absolute atomic E-state index is 13.1. The van der Waals surface area contributed by atoms with Crippen molar-refractivity contribution < 1.29 is 4.79 Å². The molecule has 2 aromatic rings. The number of aryl methyl sites for hydroxylation is 2. The Labute approximate surface area is 164 Å². The summed E-state index contributed by atoms with van der Waals surface area (Å²) in [4.78, 5) is 34.7. The Bertz CT molecular complexity index is 925. The quantitative estimate of drug-likeness (QED) is 0.821. The summed E-state index contributed by atoms with van der Waals surface area (Å²) in [5.41, 5.74) is 3.18. The number of carbonyl (C=O) groups excluding carboxylic acids is 1. The molecule has 0 radical (unpaired) electrons. The molecule has 2 aliphatic rings. The number of amides is 1. The Balaban J connectivity index is 1.57. The Hall–Kier alpha value is -2.64. The lowest BCUT2D eigenvalue weighted by molar-refractivity contribution is 0.0927. The normalized spacial score (nSPS) is 17.4. The summed E-state index contributed by atoms with van der Waals surface area (Å²) in [6, 6.07) is 1.10. The molecule has 8 nitrogen and oxygen atoms in total. The van der Waals surface area contributed by atoms with E-state index in [1.807, 2.05) is 13.8 Å². The number of H-pyrrole nitrogens is 1. The molecule has 1 aliphatic heterocycles. The lowest BCUT2D eigenvalue weighted by atomic mass is 9.95. The number of anilines is 1. The predicted octanol–water partition coefficient (Wildman–Crippen LogP) is 1.96. The molecule has 3 heterocycles. The first-order valence-corrected chi connectivity index (χ1v) is 10.3. The summed E-state index contributed by atoms with van der Waals surface area (Å²) in [6.07, 6.45) is 6.26. The molecular weight excluding hydrogens is 356 g/mol. The van der Waals surface area contributed by atoms with E-state index < -0.39 is 0 Å². The van der Waals surface area contributed by atoms with Gasteiger partial charge in [-0.2, -0.15) is 5.10 Å². The van der Waals surface area contributed by atoms with Crippen LogP contribution in [0.15, 0.2) is 10.9 Å². The second-order valence-electron chi connectivity index (χ2n) is 7.68. The van der Waals surface area contributed by atoms with Crippen LogP contribution in [-0.2, 0) is 19.4 Å². The molecule has 1 atom stereocenters. The maximum atomic E-state index is 13.1. The van der Waals surface area contributed by atoms with Gasteiger partial charge in [0, 0.05) is 31.3 Å². The van der Waals surface area contributed by atoms with E-state index in [9.17, 15) is 9.59 Å². The van der Waals surface area contributed by atoms with Gasteiger partial charge in [-0.25, -0.2) is 4.98 Å². The van der Waals surface area contributed by atoms with E-state index in [4.69, 9.17) is 0 Å². The van der Waals surface area contributed by atoms with Gasteiger partial charge < -0.3 is 10.2 Å². The van der Waals surface area contributed by atoms with Crippen molar-refractivity contribution in [2.75, 3.05) is 18.0 Å². The highest BCUT2D eigenvalue weighted by Gasteiger charge is 2.26. The molecule has 1 saturated heterocycles. The van der Waals surface area contributed by atoms with Crippen LogP contribution in [-0.4, -0.2) is 38.7 Å². The van der Waals surface area contributed by atoms with Crippen molar-refractivity contribution in [2.24, 2.45) is 0 Å². The fourth-order valence-corrected chi connectivity index (χ4v) is 4.19. The van der Waals surface area contributed by atoms with Gasteiger partial charge in [0.2, 0.25) is 5.95 Å². The zero-order chi connectivity index (χ0) is 19.7. The molecule has 8 heteroatoms. The Morgan fingerprint density at radius 3 is 2.75 bits per heavy atom. The van der Waals surface area contributed by atoms with Crippen LogP contribution in [0.2, 0.25) is 0 Å². The van der Waals surface area contributed by atoms with Crippen LogP contribution in [0.3, 0.4) is 0 Å². The first-order valence-electron chi connectivity index (χ1n) is 10.3. The molecule has 28 heavy (non-hydrogen) atoms. The van der Waals surface area contributed by atoms with Gasteiger partial charge in [-0.1, -0.05) is 0 Å². The summed E-state index contributed by atoms with van der Waals surface area (Å²) >= 11 is 0. The van der Waals surface area contributed by atoms with E-state index in [-0.39, 0.29) is 17.5 Å². The number of fused-ring (bicyclic) bond motifs is 1. The summed E-state index contributed by atoms with van der Waals surface area (Å²) in [6.45, 7) is 6.32. The van der Waals surface area contributed by atoms with E-state index in [1.165, 1.54) is 6.07 Å². The van der Waals surface area contributed by atoms with Crippen molar-refractivity contribution in [3.63, 3.8) is 0 Å². The molecule has 0 unspecified atom stereocenters. The highest BCUT2D eigenvalue weighted by atomic mass is 16.2. The third-order valence-corrected chi connectivity index (χ3v) is 5.68. The number of carbonyl (C=O) groups is 1. The molecular formula is C20H28N6O2. The van der Waals surface area contributed by atoms with Gasteiger partial charge in [0.1, 0.15) is 5.69 Å². The molecule has 4 rings (SSSR count). The summed E-state index contributed by atoms with van der Waals surface area (Å²) in [5, 5.41) is 7.66. The summed E-state index contributed by atoms with van der Waals surface area (Å²) in [5.74, 6) is 0.451. The van der Waals surface area contributed by atoms with Gasteiger partial charge in [-0.15, -0.1) is 0 Å². The zero-order valence-corrected chi connectivity index (χ0v) is 16.6. The van der Waals surface area contributed by atoms with E-state index in [2.05, 4.69) is 25.3 Å². The van der Waals surface area contributed by atoms with Crippen LogP contribution in [0.5, 0.6) is 0 Å². The standard InChI is InChI=1S/C20H28N6O2/c1-3-26-18(14-8-4-5-9-15(14)24-26)19(28)21-13(2)16-12-17(27)23-20(22-16)25-10-6-7-11-25/h12-13H,3-11H2,1-2H3,(H,21,28)(H,22,23,27)/t13-/m1/s1. The van der Waals surface area contributed by atoms with Gasteiger partial charge >= 0.3 is 0 Å². The third kappa shape index (κ3) is 3.55. The molecule has 1 fully saturated rings. The second kappa shape index (κ2) is 7.77. The van der Waals surface area contributed by atoms with Crippen molar-refractivity contribution in [1.82, 2.24) is 25.1 Å². The Morgan fingerprint density at radius 2 is 2.00 bits per heavy atom. The molecule has 0 spiro atoms. The fraction of sp³-hybridized carbons (Fsp3) is 0.600. The molecule has 2 N–H and O–H groups in total. The Morgan fingerprint density at radius 1 is 1.25 bits per heavy atom. The van der Waals surface area contributed by atoms with Gasteiger partial charge in [0.05, 0.1) is 17.4 Å². The van der Waals surface area contributed by atoms with Crippen molar-refractivity contribution in [2.45, 2.75) is 65.0 Å². The number of aromatic amines is 1. The first kappa shape index (κ1) is 18.7. The SMILES string of the molecule is CCn1nc2c(c1C(=O)N[C@H](C)c1cc(=O)[nH]c(N3CCCC3)n1)CCCC2. The second-order valence-corrected chi connectivity index (χ2v) is 7.68. The van der Waals surface area contributed by atoms with E-state index in [1.54, 1.807) is 4.68 Å². The topological polar surface area (TPSA) is 95.9 Å². The van der Waals surface area contributed by atoms with E-state index >= 15 is 0 Å². The van der Waals surface area contributed by atoms with Crippen LogP contribution in [0, 0.1) is 0 Å². The van der Waals surface area contributed by atoms with E-state index in [0.29, 0.717) is 23.9 Å². The monoisotopic (exact) mass is 384 g/mol. The van der Waals surface area contributed by atoms with Gasteiger partial charge in [-0.05, 0) is 52.4 Å². The van der Waals surface area contributed by atoms with Gasteiger partial charge in [0.15, 0.2) is 0 Å². The van der Waals surface area contributed by atoms with Crippen molar-refractivity contribution >= 4 is 11.9 Å². The van der Waals surface area contributed by atoms with Crippen LogP contribution in [0.4, 0.5) is 5.95 Å². The molecule has 1 amide bonds. The smallest absolute Gasteiger partial charge is 0.270 e. The number of hydrogen-bond acceptors (Lipinski definition) is 5. The zero-order valence-electron chi connectivity index (χ0n) is 16.6. The van der Waals surface area contributed by atoms with Crippen molar-refractivity contribution in [1.29, 1.82) is 0 Å². The lowest BCUT2D eigenvalue weighted by Gasteiger charge is -2.19. The van der Waals surface area contributed by atoms with Crippen molar-refractivity contribution in [3.8, 4) is 0 Å². The molecule has 1 aliphatic carbocycles. The van der Waals surface area contributed by atoms with Crippen LogP contribution in [0.1, 0.15) is 73.0 Å². The fourth-order valence-electron chi connectivity index (χ4n) is 4.19. The Kier molecular flexibility index (Phi) is 5.19. The largest absolute Gasteiger partial charge is 0.343 e. The van der Waals surface area contributed by atoms with Crippen LogP contribution in [0.25, 0.3) is 0 Å². The average Bonchev–Trinajstić information content (AvgIpc) is 3.35. The number of aromatic nitrogens is 4. The van der Waals surface area contributed by atoms with Crippen LogP contribution >= 0.6 is 0 Å². The highest BCUT2D eigenvalue weighted by molar-refractivity contribution is 5.94. The van der Waals surface area contributed by atoms with E-state index in [0.717, 1.165) is 62.9 Å². The van der Waals surface area contributed by atoms with Crippen molar-refractivity contribution in [3.05, 3.63) is 39.1 Å². The number of hydrogen-bond donors (Lipinski definition) is 2. The molecule has 0 bridgehead atoms. The minimum absolute atomic E-state index is 0.144. The molecule has 0 aromatic carbocycles. The summed E-state index contributed by atoms with van der Waals surface area (Å²) < 4.78 is 1.80. The predicted molar refractivity (Wildman–Crippen MR) is 107 cm³/mol. The lowest BCUT2D eigenvalue weighted by Crippen LogP contribution is -2.32. The van der Waals surface area contributed by atoms with Gasteiger partial charge in [-0.3, -0.25) is 19.3 Å². The number of rotatable bonds is 5. The summed E-state index contributed by atoms with van der Waals surface area (Å²) in [7, 11) is 0. The molecule has 150 valence electrons. The minimum atomic E-state index is -0.365. The van der Waals surface area contributed by atoms with Crippen LogP contribution < -0.4 is 15.8 Å². The van der Waals surface area contributed by atoms with Gasteiger partial charge in [0.25, 0.3) is 11.5 Å². The first-order chi connectivity index (χ1) is 13.6. The minimum Gasteiger partial charge on any atom is -0.343 e. The average molecular weight is 384 g/mol. The number of nitrogens with one attached hydrogen (secondary N) is 2. The molecule has 0 saturated carbocycles. The maximum Gasteiger partial charge on any atom is 0.270 e. The third-order valence-electron chi connectivity index (χ3n) is 5.68. The molecule has 2 aromatic heterocycles. The highest BCUT2D eigenvalue weighted by Crippen LogP contribution is 2.25. The number of nitrogens with zero attached hydrogens (tertiary/aromatic N) is 4.